The lowest BCUT2D eigenvalue weighted by atomic mass is 10.3. The smallest absolute Gasteiger partial charge is 0.149 e. The van der Waals surface area contributed by atoms with Gasteiger partial charge in [0.25, 0.3) is 0 Å². The molecule has 0 atom stereocenters. The van der Waals surface area contributed by atoms with E-state index in [-0.39, 0.29) is 0 Å². The standard InChI is InChI=1S/C12H11F2N2/c1-2-5-15-6-7-16(9-15)12-4-3-10(13)8-11(12)14/h2-4,6-9H,1,5H2. The van der Waals surface area contributed by atoms with Gasteiger partial charge in [0.15, 0.2) is 0 Å². The number of rotatable bonds is 3. The molecule has 0 fully saturated rings. The van der Waals surface area contributed by atoms with Gasteiger partial charge in [0.1, 0.15) is 18.3 Å². The molecule has 0 aliphatic carbocycles. The lowest BCUT2D eigenvalue weighted by molar-refractivity contribution is 0.518. The summed E-state index contributed by atoms with van der Waals surface area (Å²) in [5, 5.41) is 0. The molecular weight excluding hydrogens is 210 g/mol. The fourth-order valence-corrected chi connectivity index (χ4v) is 1.48. The molecule has 0 saturated heterocycles. The summed E-state index contributed by atoms with van der Waals surface area (Å²) in [4.78, 5) is 3.44. The molecule has 1 aromatic rings. The first-order chi connectivity index (χ1) is 7.70. The third-order valence-electron chi connectivity index (χ3n) is 2.22. The molecule has 16 heavy (non-hydrogen) atoms. The van der Waals surface area contributed by atoms with Crippen LogP contribution in [-0.4, -0.2) is 11.4 Å². The molecule has 0 N–H and O–H groups in total. The third-order valence-corrected chi connectivity index (χ3v) is 2.22. The summed E-state index contributed by atoms with van der Waals surface area (Å²) < 4.78 is 26.2. The first-order valence-electron chi connectivity index (χ1n) is 4.84. The minimum absolute atomic E-state index is 0.323. The van der Waals surface area contributed by atoms with Gasteiger partial charge in [-0.3, -0.25) is 0 Å². The van der Waals surface area contributed by atoms with E-state index in [0.29, 0.717) is 12.2 Å². The fraction of sp³-hybridized carbons (Fsp3) is 0.0833. The van der Waals surface area contributed by atoms with Gasteiger partial charge in [-0.25, -0.2) is 8.78 Å². The molecule has 0 spiro atoms. The molecule has 4 heteroatoms. The predicted molar refractivity (Wildman–Crippen MR) is 59.2 cm³/mol. The largest absolute Gasteiger partial charge is 0.349 e. The zero-order chi connectivity index (χ0) is 11.5. The second-order valence-corrected chi connectivity index (χ2v) is 3.40. The average molecular weight is 221 g/mol. The Balaban J connectivity index is 2.15. The molecular formula is C12H11F2N2. The maximum Gasteiger partial charge on any atom is 0.149 e. The van der Waals surface area contributed by atoms with E-state index >= 15 is 0 Å². The first-order valence-corrected chi connectivity index (χ1v) is 4.84. The Hall–Kier alpha value is -1.84. The fourth-order valence-electron chi connectivity index (χ4n) is 1.48. The van der Waals surface area contributed by atoms with Crippen molar-refractivity contribution in [1.29, 1.82) is 0 Å². The highest BCUT2D eigenvalue weighted by Crippen LogP contribution is 2.25. The van der Waals surface area contributed by atoms with Gasteiger partial charge < -0.3 is 9.80 Å². The number of hydrogen-bond acceptors (Lipinski definition) is 2. The number of hydrogen-bond donors (Lipinski definition) is 0. The summed E-state index contributed by atoms with van der Waals surface area (Å²) in [6, 6.07) is 3.51. The van der Waals surface area contributed by atoms with Crippen molar-refractivity contribution in [1.82, 2.24) is 4.90 Å². The van der Waals surface area contributed by atoms with Crippen LogP contribution in [0.4, 0.5) is 14.5 Å². The maximum atomic E-state index is 13.4. The van der Waals surface area contributed by atoms with Crippen LogP contribution in [0.3, 0.4) is 0 Å². The van der Waals surface area contributed by atoms with E-state index in [1.165, 1.54) is 12.1 Å². The lowest BCUT2D eigenvalue weighted by Crippen LogP contribution is -2.19. The van der Waals surface area contributed by atoms with E-state index in [0.717, 1.165) is 6.07 Å². The molecule has 0 saturated carbocycles. The second-order valence-electron chi connectivity index (χ2n) is 3.40. The molecule has 0 bridgehead atoms. The zero-order valence-corrected chi connectivity index (χ0v) is 8.61. The molecule has 0 unspecified atom stereocenters. The normalized spacial score (nSPS) is 14.6. The van der Waals surface area contributed by atoms with Gasteiger partial charge in [-0.2, -0.15) is 0 Å². The third kappa shape index (κ3) is 2.05. The van der Waals surface area contributed by atoms with Crippen molar-refractivity contribution in [2.45, 2.75) is 0 Å². The van der Waals surface area contributed by atoms with Crippen LogP contribution in [0.5, 0.6) is 0 Å². The van der Waals surface area contributed by atoms with E-state index in [9.17, 15) is 8.78 Å². The SMILES string of the molecule is C=CCN1[CH]N(c2ccc(F)cc2F)C=C1. The van der Waals surface area contributed by atoms with Crippen LogP contribution in [0.2, 0.25) is 0 Å². The van der Waals surface area contributed by atoms with Gasteiger partial charge in [-0.15, -0.1) is 6.58 Å². The number of nitrogens with zero attached hydrogens (tertiary/aromatic N) is 2. The minimum Gasteiger partial charge on any atom is -0.349 e. The molecule has 1 aromatic carbocycles. The Bertz CT molecular complexity index is 429. The van der Waals surface area contributed by atoms with Crippen molar-refractivity contribution in [3.63, 3.8) is 0 Å². The monoisotopic (exact) mass is 221 g/mol. The molecule has 0 amide bonds. The molecule has 1 aliphatic heterocycles. The van der Waals surface area contributed by atoms with Crippen LogP contribution in [0.25, 0.3) is 0 Å². The van der Waals surface area contributed by atoms with Crippen molar-refractivity contribution >= 4 is 5.69 Å². The van der Waals surface area contributed by atoms with E-state index in [1.807, 2.05) is 4.90 Å². The molecule has 1 heterocycles. The van der Waals surface area contributed by atoms with E-state index in [2.05, 4.69) is 6.58 Å². The Kier molecular flexibility index (Phi) is 2.90. The van der Waals surface area contributed by atoms with Gasteiger partial charge in [0.05, 0.1) is 5.69 Å². The van der Waals surface area contributed by atoms with Crippen molar-refractivity contribution in [3.8, 4) is 0 Å². The Morgan fingerprint density at radius 2 is 2.06 bits per heavy atom. The van der Waals surface area contributed by atoms with Gasteiger partial charge in [0.2, 0.25) is 0 Å². The number of benzene rings is 1. The lowest BCUT2D eigenvalue weighted by Gasteiger charge is -2.19. The predicted octanol–water partition coefficient (Wildman–Crippen LogP) is 2.86. The topological polar surface area (TPSA) is 6.48 Å². The molecule has 2 nitrogen and oxygen atoms in total. The molecule has 1 radical (unpaired) electrons. The van der Waals surface area contributed by atoms with E-state index < -0.39 is 11.6 Å². The van der Waals surface area contributed by atoms with Crippen LogP contribution in [0, 0.1) is 18.3 Å². The van der Waals surface area contributed by atoms with Crippen molar-refractivity contribution in [2.24, 2.45) is 0 Å². The summed E-state index contributed by atoms with van der Waals surface area (Å²) in [5.74, 6) is -1.16. The van der Waals surface area contributed by atoms with Crippen LogP contribution < -0.4 is 4.90 Å². The average Bonchev–Trinajstić information content (AvgIpc) is 2.67. The van der Waals surface area contributed by atoms with E-state index in [4.69, 9.17) is 0 Å². The maximum absolute atomic E-state index is 13.4. The summed E-state index contributed by atoms with van der Waals surface area (Å²) in [7, 11) is 0. The highest BCUT2D eigenvalue weighted by Gasteiger charge is 2.17. The molecule has 1 aliphatic rings. The van der Waals surface area contributed by atoms with Crippen LogP contribution in [-0.2, 0) is 0 Å². The van der Waals surface area contributed by atoms with Gasteiger partial charge in [-0.1, -0.05) is 6.08 Å². The molecule has 2 rings (SSSR count). The van der Waals surface area contributed by atoms with Crippen molar-refractivity contribution in [3.05, 3.63) is 61.6 Å². The molecule has 0 aromatic heterocycles. The summed E-state index contributed by atoms with van der Waals surface area (Å²) >= 11 is 0. The van der Waals surface area contributed by atoms with Crippen molar-refractivity contribution < 1.29 is 8.78 Å². The van der Waals surface area contributed by atoms with Gasteiger partial charge in [0, 0.05) is 25.0 Å². The second kappa shape index (κ2) is 4.35. The van der Waals surface area contributed by atoms with Crippen molar-refractivity contribution in [2.75, 3.05) is 11.4 Å². The summed E-state index contributed by atoms with van der Waals surface area (Å²) in [5.41, 5.74) is 0.323. The quantitative estimate of drug-likeness (QED) is 0.724. The van der Waals surface area contributed by atoms with Crippen LogP contribution in [0.1, 0.15) is 0 Å². The highest BCUT2D eigenvalue weighted by molar-refractivity contribution is 5.53. The zero-order valence-electron chi connectivity index (χ0n) is 8.61. The number of halogens is 2. The Labute approximate surface area is 93.1 Å². The van der Waals surface area contributed by atoms with Gasteiger partial charge in [-0.05, 0) is 12.1 Å². The highest BCUT2D eigenvalue weighted by atomic mass is 19.1. The van der Waals surface area contributed by atoms with Gasteiger partial charge >= 0.3 is 0 Å². The Morgan fingerprint density at radius 3 is 2.75 bits per heavy atom. The van der Waals surface area contributed by atoms with E-state index in [1.54, 1.807) is 30.0 Å². The van der Waals surface area contributed by atoms with Crippen LogP contribution in [0.15, 0.2) is 43.3 Å². The first kappa shape index (κ1) is 10.7. The van der Waals surface area contributed by atoms with Crippen LogP contribution >= 0.6 is 0 Å². The summed E-state index contributed by atoms with van der Waals surface area (Å²) in [6.45, 7) is 5.98. The minimum atomic E-state index is -0.582. The Morgan fingerprint density at radius 1 is 1.25 bits per heavy atom. The number of anilines is 1. The molecule has 83 valence electrons. The summed E-state index contributed by atoms with van der Waals surface area (Å²) in [6.07, 6.45) is 5.25.